The number of nitriles is 1. The summed E-state index contributed by atoms with van der Waals surface area (Å²) in [5, 5.41) is 18.8. The van der Waals surface area contributed by atoms with Gasteiger partial charge in [-0.3, -0.25) is 0 Å². The number of aliphatic hydroxyl groups excluding tert-OH is 1. The summed E-state index contributed by atoms with van der Waals surface area (Å²) in [7, 11) is -3.76. The predicted octanol–water partition coefficient (Wildman–Crippen LogP) is 3.09. The molecule has 0 amide bonds. The smallest absolute Gasteiger partial charge is 0.183 e. The number of hydrogen-bond donors (Lipinski definition) is 1. The molecule has 0 spiro atoms. The van der Waals surface area contributed by atoms with Crippen molar-refractivity contribution in [3.05, 3.63) is 64.7 Å². The highest BCUT2D eigenvalue weighted by molar-refractivity contribution is 7.92. The Balaban J connectivity index is 2.06. The van der Waals surface area contributed by atoms with Crippen molar-refractivity contribution in [1.82, 2.24) is 0 Å². The summed E-state index contributed by atoms with van der Waals surface area (Å²) < 4.78 is 26.0. The molecule has 3 unspecified atom stereocenters. The van der Waals surface area contributed by atoms with E-state index in [0.29, 0.717) is 5.02 Å². The van der Waals surface area contributed by atoms with Crippen LogP contribution in [0.5, 0.6) is 0 Å². The second-order valence-electron chi connectivity index (χ2n) is 6.12. The topological polar surface area (TPSA) is 78.2 Å². The molecule has 0 heterocycles. The maximum Gasteiger partial charge on any atom is 0.183 e. The summed E-state index contributed by atoms with van der Waals surface area (Å²) in [5.41, 5.74) is 0.482. The molecule has 3 atom stereocenters. The zero-order valence-corrected chi connectivity index (χ0v) is 14.6. The average molecular weight is 362 g/mol. The zero-order chi connectivity index (χ0) is 17.5. The number of hydrogen-bond acceptors (Lipinski definition) is 4. The third-order valence-corrected chi connectivity index (χ3v) is 7.18. The van der Waals surface area contributed by atoms with E-state index in [9.17, 15) is 18.8 Å². The Morgan fingerprint density at radius 1 is 1.17 bits per heavy atom. The van der Waals surface area contributed by atoms with E-state index in [1.165, 1.54) is 24.3 Å². The maximum absolute atomic E-state index is 13.0. The number of aryl methyl sites for hydroxylation is 1. The standard InChI is InChI=1S/C18H16ClNO3S/c1-12-2-4-13(5-3-12)16-17(18(16,10-20)11-21)24(22,23)15-8-6-14(19)7-9-15/h2-9,16-17,21H,11H2,1H3. The van der Waals surface area contributed by atoms with Crippen LogP contribution in [0.1, 0.15) is 17.0 Å². The fourth-order valence-electron chi connectivity index (χ4n) is 3.23. The summed E-state index contributed by atoms with van der Waals surface area (Å²) in [6.07, 6.45) is 0. The van der Waals surface area contributed by atoms with E-state index in [-0.39, 0.29) is 4.90 Å². The van der Waals surface area contributed by atoms with Crippen LogP contribution in [0, 0.1) is 23.7 Å². The fourth-order valence-corrected chi connectivity index (χ4v) is 5.68. The monoisotopic (exact) mass is 361 g/mol. The fraction of sp³-hybridized carbons (Fsp3) is 0.278. The predicted molar refractivity (Wildman–Crippen MR) is 91.5 cm³/mol. The molecule has 0 aromatic heterocycles. The summed E-state index contributed by atoms with van der Waals surface area (Å²) in [5.74, 6) is -0.547. The van der Waals surface area contributed by atoms with Gasteiger partial charge in [0.05, 0.1) is 22.8 Å². The van der Waals surface area contributed by atoms with Crippen molar-refractivity contribution < 1.29 is 13.5 Å². The van der Waals surface area contributed by atoms with E-state index in [1.807, 2.05) is 37.3 Å². The molecule has 1 fully saturated rings. The van der Waals surface area contributed by atoms with E-state index in [0.717, 1.165) is 11.1 Å². The first-order chi connectivity index (χ1) is 11.4. The van der Waals surface area contributed by atoms with Gasteiger partial charge in [-0.25, -0.2) is 8.42 Å². The molecule has 6 heteroatoms. The van der Waals surface area contributed by atoms with Crippen LogP contribution < -0.4 is 0 Å². The first-order valence-corrected chi connectivity index (χ1v) is 9.37. The molecule has 124 valence electrons. The van der Waals surface area contributed by atoms with Crippen LogP contribution in [0.25, 0.3) is 0 Å². The van der Waals surface area contributed by atoms with Crippen LogP contribution in [0.4, 0.5) is 0 Å². The lowest BCUT2D eigenvalue weighted by Gasteiger charge is -2.06. The quantitative estimate of drug-likeness (QED) is 0.907. The minimum Gasteiger partial charge on any atom is -0.395 e. The molecule has 1 aliphatic carbocycles. The lowest BCUT2D eigenvalue weighted by molar-refractivity contribution is 0.242. The molecule has 2 aromatic carbocycles. The minimum atomic E-state index is -3.76. The van der Waals surface area contributed by atoms with Crippen molar-refractivity contribution in [2.45, 2.75) is 23.0 Å². The number of nitrogens with zero attached hydrogens (tertiary/aromatic N) is 1. The Labute approximate surface area is 146 Å². The third-order valence-electron chi connectivity index (χ3n) is 4.64. The molecule has 1 aliphatic rings. The molecule has 24 heavy (non-hydrogen) atoms. The van der Waals surface area contributed by atoms with Crippen LogP contribution in [0.3, 0.4) is 0 Å². The van der Waals surface area contributed by atoms with Crippen LogP contribution in [-0.4, -0.2) is 25.4 Å². The SMILES string of the molecule is Cc1ccc(C2C(S(=O)(=O)c3ccc(Cl)cc3)C2(C#N)CO)cc1. The van der Waals surface area contributed by atoms with E-state index in [1.54, 1.807) is 0 Å². The van der Waals surface area contributed by atoms with E-state index >= 15 is 0 Å². The molecule has 0 bridgehead atoms. The molecular weight excluding hydrogens is 346 g/mol. The van der Waals surface area contributed by atoms with Gasteiger partial charge in [-0.15, -0.1) is 0 Å². The Morgan fingerprint density at radius 2 is 1.75 bits per heavy atom. The van der Waals surface area contributed by atoms with Crippen molar-refractivity contribution >= 4 is 21.4 Å². The zero-order valence-electron chi connectivity index (χ0n) is 13.0. The van der Waals surface area contributed by atoms with Crippen LogP contribution in [-0.2, 0) is 9.84 Å². The van der Waals surface area contributed by atoms with Gasteiger partial charge in [0, 0.05) is 10.9 Å². The number of sulfone groups is 1. The second-order valence-corrected chi connectivity index (χ2v) is 8.62. The van der Waals surface area contributed by atoms with Crippen molar-refractivity contribution in [1.29, 1.82) is 5.26 Å². The summed E-state index contributed by atoms with van der Waals surface area (Å²) in [6.45, 7) is 1.43. The first kappa shape index (κ1) is 17.0. The van der Waals surface area contributed by atoms with Crippen LogP contribution in [0.2, 0.25) is 5.02 Å². The van der Waals surface area contributed by atoms with Crippen molar-refractivity contribution in [3.8, 4) is 6.07 Å². The van der Waals surface area contributed by atoms with Crippen LogP contribution in [0.15, 0.2) is 53.4 Å². The largest absolute Gasteiger partial charge is 0.395 e. The normalized spacial score (nSPS) is 25.9. The Bertz CT molecular complexity index is 901. The first-order valence-electron chi connectivity index (χ1n) is 7.45. The van der Waals surface area contributed by atoms with E-state index in [4.69, 9.17) is 11.6 Å². The average Bonchev–Trinajstić information content (AvgIpc) is 3.26. The van der Waals surface area contributed by atoms with Gasteiger partial charge in [0.2, 0.25) is 0 Å². The van der Waals surface area contributed by atoms with Gasteiger partial charge in [-0.1, -0.05) is 41.4 Å². The van der Waals surface area contributed by atoms with E-state index < -0.39 is 33.0 Å². The van der Waals surface area contributed by atoms with Crippen LogP contribution >= 0.6 is 11.6 Å². The third kappa shape index (κ3) is 2.51. The second kappa shape index (κ2) is 5.89. The molecule has 4 nitrogen and oxygen atoms in total. The molecule has 0 aliphatic heterocycles. The van der Waals surface area contributed by atoms with Gasteiger partial charge in [-0.05, 0) is 36.8 Å². The highest BCUT2D eigenvalue weighted by Gasteiger charge is 2.72. The molecule has 0 radical (unpaired) electrons. The Kier molecular flexibility index (Phi) is 4.16. The Hall–Kier alpha value is -1.87. The molecule has 0 saturated heterocycles. The highest BCUT2D eigenvalue weighted by atomic mass is 35.5. The number of rotatable bonds is 4. The summed E-state index contributed by atoms with van der Waals surface area (Å²) >= 11 is 5.82. The minimum absolute atomic E-state index is 0.111. The van der Waals surface area contributed by atoms with Gasteiger partial charge in [0.25, 0.3) is 0 Å². The molecule has 2 aromatic rings. The van der Waals surface area contributed by atoms with Gasteiger partial charge >= 0.3 is 0 Å². The number of aliphatic hydroxyl groups is 1. The lowest BCUT2D eigenvalue weighted by atomic mass is 10.0. The maximum atomic E-state index is 13.0. The van der Waals surface area contributed by atoms with Crippen molar-refractivity contribution in [2.24, 2.45) is 5.41 Å². The Morgan fingerprint density at radius 3 is 2.25 bits per heavy atom. The highest BCUT2D eigenvalue weighted by Crippen LogP contribution is 2.63. The number of benzene rings is 2. The van der Waals surface area contributed by atoms with Gasteiger partial charge < -0.3 is 5.11 Å². The lowest BCUT2D eigenvalue weighted by Crippen LogP contribution is -2.18. The van der Waals surface area contributed by atoms with Gasteiger partial charge in [0.1, 0.15) is 5.41 Å². The molecular formula is C18H16ClNO3S. The number of halogens is 1. The summed E-state index contributed by atoms with van der Waals surface area (Å²) in [6, 6.07) is 15.3. The van der Waals surface area contributed by atoms with Crippen molar-refractivity contribution in [3.63, 3.8) is 0 Å². The van der Waals surface area contributed by atoms with Gasteiger partial charge in [-0.2, -0.15) is 5.26 Å². The van der Waals surface area contributed by atoms with Crippen molar-refractivity contribution in [2.75, 3.05) is 6.61 Å². The summed E-state index contributed by atoms with van der Waals surface area (Å²) in [4.78, 5) is 0.111. The van der Waals surface area contributed by atoms with Gasteiger partial charge in [0.15, 0.2) is 9.84 Å². The van der Waals surface area contributed by atoms with E-state index in [2.05, 4.69) is 0 Å². The molecule has 3 rings (SSSR count). The molecule has 1 saturated carbocycles. The molecule has 1 N–H and O–H groups in total.